The zero-order valence-electron chi connectivity index (χ0n) is 27.2. The summed E-state index contributed by atoms with van der Waals surface area (Å²) >= 11 is 0. The third kappa shape index (κ3) is 4.44. The predicted octanol–water partition coefficient (Wildman–Crippen LogP) is 1.24. The van der Waals surface area contributed by atoms with E-state index in [4.69, 9.17) is 5.73 Å². The maximum atomic E-state index is 14.3. The smallest absolute Gasteiger partial charge is 0.235 e. The van der Waals surface area contributed by atoms with Crippen LogP contribution in [0, 0.1) is 46.8 Å². The molecule has 6 atom stereocenters. The number of benzene rings is 1. The van der Waals surface area contributed by atoms with E-state index in [0.29, 0.717) is 17.7 Å². The number of nitrogens with two attached hydrogens (primary N) is 1. The number of phenols is 1. The number of ketones is 4. The number of amides is 1. The number of phenolic OH excluding ortho intramolecular Hbond substituents is 1. The van der Waals surface area contributed by atoms with Crippen molar-refractivity contribution in [1.82, 2.24) is 10.2 Å². The Kier molecular flexibility index (Phi) is 7.30. The van der Waals surface area contributed by atoms with E-state index in [0.717, 1.165) is 30.0 Å². The number of Topliss-reactive ketones (excluding diaryl/α,β-unsaturated/α-hetero) is 4. The highest BCUT2D eigenvalue weighted by Gasteiger charge is 2.69. The van der Waals surface area contributed by atoms with Crippen molar-refractivity contribution in [1.29, 1.82) is 0 Å². The highest BCUT2D eigenvalue weighted by molar-refractivity contribution is 6.32. The van der Waals surface area contributed by atoms with Crippen molar-refractivity contribution in [3.8, 4) is 5.75 Å². The van der Waals surface area contributed by atoms with Gasteiger partial charge in [0.15, 0.2) is 34.7 Å². The molecule has 0 aliphatic heterocycles. The molecule has 1 amide bonds. The summed E-state index contributed by atoms with van der Waals surface area (Å²) in [6.45, 7) is 1.21. The van der Waals surface area contributed by atoms with Gasteiger partial charge in [0.2, 0.25) is 5.91 Å². The third-order valence-electron chi connectivity index (χ3n) is 12.6. The average Bonchev–Trinajstić information content (AvgIpc) is 2.94. The van der Waals surface area contributed by atoms with Crippen molar-refractivity contribution in [2.45, 2.75) is 69.6 Å². The number of aliphatic hydroxyl groups is 1. The minimum atomic E-state index is -2.73. The molecular weight excluding hydrogens is 588 g/mol. The quantitative estimate of drug-likeness (QED) is 0.320. The molecule has 5 N–H and O–H groups in total. The number of primary amides is 1. The van der Waals surface area contributed by atoms with Crippen molar-refractivity contribution < 1.29 is 34.2 Å². The maximum absolute atomic E-state index is 14.3. The molecule has 0 radical (unpaired) electrons. The lowest BCUT2D eigenvalue weighted by Gasteiger charge is -2.57. The van der Waals surface area contributed by atoms with Crippen LogP contribution in [0.2, 0.25) is 0 Å². The van der Waals surface area contributed by atoms with Crippen LogP contribution in [0.4, 0.5) is 5.69 Å². The molecule has 6 fully saturated rings. The minimum Gasteiger partial charge on any atom is -0.507 e. The molecule has 1 aromatic carbocycles. The third-order valence-corrected chi connectivity index (χ3v) is 12.6. The summed E-state index contributed by atoms with van der Waals surface area (Å²) in [6.07, 6.45) is 8.08. The zero-order valence-corrected chi connectivity index (χ0v) is 27.2. The highest BCUT2D eigenvalue weighted by atomic mass is 16.3. The molecule has 0 spiro atoms. The fourth-order valence-corrected chi connectivity index (χ4v) is 11.2. The van der Waals surface area contributed by atoms with Gasteiger partial charge in [-0.05, 0) is 106 Å². The van der Waals surface area contributed by atoms with Crippen LogP contribution in [-0.4, -0.2) is 90.5 Å². The molecule has 7 aliphatic rings. The van der Waals surface area contributed by atoms with E-state index in [9.17, 15) is 34.2 Å². The largest absolute Gasteiger partial charge is 0.507 e. The van der Waals surface area contributed by atoms with Gasteiger partial charge in [-0.2, -0.15) is 0 Å². The fourth-order valence-electron chi connectivity index (χ4n) is 11.2. The molecule has 0 aromatic heterocycles. The minimum absolute atomic E-state index is 0.0336. The molecule has 0 saturated heterocycles. The lowest BCUT2D eigenvalue weighted by Crippen LogP contribution is -2.74. The summed E-state index contributed by atoms with van der Waals surface area (Å²) in [5.74, 6) is -7.77. The number of carbonyl (C=O) groups excluding carboxylic acids is 5. The van der Waals surface area contributed by atoms with Gasteiger partial charge in [-0.3, -0.25) is 28.9 Å². The van der Waals surface area contributed by atoms with Gasteiger partial charge in [0.05, 0.1) is 17.5 Å². The van der Waals surface area contributed by atoms with Crippen LogP contribution in [0.25, 0.3) is 0 Å². The normalized spacial score (nSPS) is 39.3. The van der Waals surface area contributed by atoms with Crippen LogP contribution in [0.3, 0.4) is 0 Å². The Bertz CT molecular complexity index is 1520. The van der Waals surface area contributed by atoms with Crippen molar-refractivity contribution >= 4 is 34.7 Å². The van der Waals surface area contributed by atoms with Gasteiger partial charge in [0.25, 0.3) is 0 Å². The first-order valence-corrected chi connectivity index (χ1v) is 16.8. The van der Waals surface area contributed by atoms with E-state index >= 15 is 0 Å². The van der Waals surface area contributed by atoms with Crippen LogP contribution in [0.15, 0.2) is 6.07 Å². The number of likely N-dealkylation sites (N-methyl/N-ethyl adjacent to an activating group) is 1. The Labute approximate surface area is 269 Å². The molecule has 8 rings (SSSR count). The van der Waals surface area contributed by atoms with Crippen molar-refractivity contribution in [3.63, 3.8) is 0 Å². The number of hydrogen-bond acceptors (Lipinski definition) is 10. The average molecular weight is 635 g/mol. The number of fused-ring (bicyclic) bond motifs is 3. The first kappa shape index (κ1) is 31.4. The van der Waals surface area contributed by atoms with Crippen LogP contribution in [0.5, 0.6) is 5.75 Å². The lowest BCUT2D eigenvalue weighted by molar-refractivity contribution is -0.181. The molecule has 2 unspecified atom stereocenters. The van der Waals surface area contributed by atoms with E-state index in [2.05, 4.69) is 5.32 Å². The van der Waals surface area contributed by atoms with Crippen LogP contribution >= 0.6 is 0 Å². The van der Waals surface area contributed by atoms with Gasteiger partial charge in [0, 0.05) is 44.4 Å². The second-order valence-electron chi connectivity index (χ2n) is 16.0. The van der Waals surface area contributed by atoms with Gasteiger partial charge < -0.3 is 26.2 Å². The van der Waals surface area contributed by atoms with E-state index in [1.54, 1.807) is 14.1 Å². The number of nitrogens with one attached hydrogen (secondary N) is 1. The molecule has 7 aliphatic carbocycles. The molecule has 11 nitrogen and oxygen atoms in total. The number of anilines is 1. The lowest BCUT2D eigenvalue weighted by atomic mass is 9.49. The van der Waals surface area contributed by atoms with Gasteiger partial charge in [-0.15, -0.1) is 0 Å². The number of hydrogen-bond donors (Lipinski definition) is 4. The maximum Gasteiger partial charge on any atom is 0.235 e. The summed E-state index contributed by atoms with van der Waals surface area (Å²) in [7, 11) is 6.89. The molecular formula is C35H46N4O7. The first-order valence-electron chi connectivity index (χ1n) is 16.8. The molecule has 1 aromatic rings. The Hall–Kier alpha value is -3.15. The van der Waals surface area contributed by atoms with Gasteiger partial charge in [0.1, 0.15) is 5.75 Å². The topological polar surface area (TPSA) is 170 Å². The summed E-state index contributed by atoms with van der Waals surface area (Å²) in [5.41, 5.74) is 4.96. The summed E-state index contributed by atoms with van der Waals surface area (Å²) in [5, 5.41) is 27.1. The summed E-state index contributed by atoms with van der Waals surface area (Å²) < 4.78 is 0. The van der Waals surface area contributed by atoms with E-state index in [1.165, 1.54) is 43.4 Å². The van der Waals surface area contributed by atoms with Crippen LogP contribution in [-0.2, 0) is 32.1 Å². The summed E-state index contributed by atoms with van der Waals surface area (Å²) in [4.78, 5) is 71.1. The van der Waals surface area contributed by atoms with Gasteiger partial charge in [-0.1, -0.05) is 0 Å². The molecule has 248 valence electrons. The first-order chi connectivity index (χ1) is 21.7. The number of rotatable bonds is 7. The Morgan fingerprint density at radius 1 is 0.978 bits per heavy atom. The van der Waals surface area contributed by atoms with E-state index in [1.807, 2.05) is 25.1 Å². The number of nitrogens with zero attached hydrogens (tertiary/aromatic N) is 2. The SMILES string of the molecule is CN(C)c1cc(CNCC23CC4CC(CC(C4)C2)C3)c(O)c2c1C[C@H]1C[C@H]3[C@H](N(C)C)C(=O)C(C(N)=O)C(=O)[C@@]3(O)C(=O)C1C2=O. The van der Waals surface area contributed by atoms with Gasteiger partial charge in [-0.25, -0.2) is 0 Å². The molecule has 4 bridgehead atoms. The van der Waals surface area contributed by atoms with E-state index < -0.39 is 64.4 Å². The monoisotopic (exact) mass is 634 g/mol. The number of aromatic hydroxyl groups is 1. The van der Waals surface area contributed by atoms with Crippen LogP contribution in [0.1, 0.15) is 66.4 Å². The van der Waals surface area contributed by atoms with Crippen LogP contribution < -0.4 is 16.0 Å². The van der Waals surface area contributed by atoms with Gasteiger partial charge >= 0.3 is 0 Å². The Morgan fingerprint density at radius 2 is 1.59 bits per heavy atom. The highest BCUT2D eigenvalue weighted by Crippen LogP contribution is 2.60. The predicted molar refractivity (Wildman–Crippen MR) is 168 cm³/mol. The Morgan fingerprint density at radius 3 is 2.13 bits per heavy atom. The zero-order chi connectivity index (χ0) is 33.0. The molecule has 0 heterocycles. The van der Waals surface area contributed by atoms with E-state index in [-0.39, 0.29) is 29.6 Å². The van der Waals surface area contributed by atoms with Crippen molar-refractivity contribution in [2.24, 2.45) is 52.6 Å². The standard InChI is InChI=1S/C35H46N4O7/c1-38(2)23-10-20(14-37-15-34-11-16-5-17(12-34)7-18(6-16)13-34)28(40)25-21(23)8-19-9-22-27(39(3)4)30(42)26(33(36)45)32(44)35(22,46)31(43)24(19)29(25)41/h10,16-19,22,24,26-27,37,40,46H,5-9,11-15H2,1-4H3,(H2,36,45)/t16?,17?,18?,19-,22-,24?,26?,27-,34?,35-/m0/s1. The number of carbonyl (C=O) groups is 5. The second kappa shape index (κ2) is 10.7. The summed E-state index contributed by atoms with van der Waals surface area (Å²) in [6, 6.07) is 0.786. The van der Waals surface area contributed by atoms with Crippen molar-refractivity contribution in [2.75, 3.05) is 39.6 Å². The Balaban J connectivity index is 1.21. The van der Waals surface area contributed by atoms with Crippen molar-refractivity contribution in [3.05, 3.63) is 22.8 Å². The molecule has 11 heteroatoms. The fraction of sp³-hybridized carbons (Fsp3) is 0.686. The molecule has 46 heavy (non-hydrogen) atoms. The second-order valence-corrected chi connectivity index (χ2v) is 16.0. The molecule has 6 saturated carbocycles.